The average molecular weight is 184 g/mol. The van der Waals surface area contributed by atoms with E-state index in [2.05, 4.69) is 10.6 Å². The first-order chi connectivity index (χ1) is 6.34. The molecule has 1 aliphatic carbocycles. The Morgan fingerprint density at radius 2 is 2.23 bits per heavy atom. The van der Waals surface area contributed by atoms with E-state index in [0.29, 0.717) is 0 Å². The summed E-state index contributed by atoms with van der Waals surface area (Å²) in [5.41, 5.74) is 0. The number of alkyl carbamates (subject to hydrolysis) is 1. The zero-order valence-corrected chi connectivity index (χ0v) is 7.71. The van der Waals surface area contributed by atoms with Crippen molar-refractivity contribution in [3.63, 3.8) is 0 Å². The van der Waals surface area contributed by atoms with Gasteiger partial charge in [0.25, 0.3) is 0 Å². The van der Waals surface area contributed by atoms with Crippen LogP contribution in [-0.2, 0) is 4.74 Å². The second-order valence-corrected chi connectivity index (χ2v) is 3.79. The average Bonchev–Trinajstić information content (AvgIpc) is 2.90. The van der Waals surface area contributed by atoms with Crippen LogP contribution < -0.4 is 10.6 Å². The second-order valence-electron chi connectivity index (χ2n) is 3.79. The van der Waals surface area contributed by atoms with Gasteiger partial charge in [0.2, 0.25) is 0 Å². The highest BCUT2D eigenvalue weighted by Gasteiger charge is 2.27. The van der Waals surface area contributed by atoms with Crippen molar-refractivity contribution in [1.82, 2.24) is 10.6 Å². The molecular weight excluding hydrogens is 168 g/mol. The van der Waals surface area contributed by atoms with E-state index in [4.69, 9.17) is 4.74 Å². The summed E-state index contributed by atoms with van der Waals surface area (Å²) in [5, 5.41) is 6.11. The Balaban J connectivity index is 1.66. The third kappa shape index (κ3) is 2.88. The van der Waals surface area contributed by atoms with Gasteiger partial charge in [-0.1, -0.05) is 0 Å². The van der Waals surface area contributed by atoms with E-state index in [9.17, 15) is 4.79 Å². The van der Waals surface area contributed by atoms with Crippen LogP contribution in [0.3, 0.4) is 0 Å². The Bertz CT molecular complexity index is 186. The predicted octanol–water partition coefficient (Wildman–Crippen LogP) is 0.627. The van der Waals surface area contributed by atoms with Gasteiger partial charge in [0.15, 0.2) is 0 Å². The van der Waals surface area contributed by atoms with Gasteiger partial charge in [-0.25, -0.2) is 4.79 Å². The molecule has 2 aliphatic rings. The van der Waals surface area contributed by atoms with Crippen molar-refractivity contribution in [3.05, 3.63) is 0 Å². The molecule has 13 heavy (non-hydrogen) atoms. The quantitative estimate of drug-likeness (QED) is 0.661. The summed E-state index contributed by atoms with van der Waals surface area (Å²) in [6.45, 7) is 1.94. The predicted molar refractivity (Wildman–Crippen MR) is 48.5 cm³/mol. The molecule has 1 heterocycles. The number of carbonyl (C=O) groups is 1. The fourth-order valence-electron chi connectivity index (χ4n) is 1.51. The molecule has 4 nitrogen and oxygen atoms in total. The number of rotatable bonds is 2. The van der Waals surface area contributed by atoms with E-state index >= 15 is 0 Å². The summed E-state index contributed by atoms with van der Waals surface area (Å²) < 4.78 is 5.09. The second kappa shape index (κ2) is 3.96. The van der Waals surface area contributed by atoms with Gasteiger partial charge >= 0.3 is 6.09 Å². The van der Waals surface area contributed by atoms with Crippen molar-refractivity contribution in [2.45, 2.75) is 37.8 Å². The van der Waals surface area contributed by atoms with Crippen molar-refractivity contribution in [1.29, 1.82) is 0 Å². The summed E-state index contributed by atoms with van der Waals surface area (Å²) >= 11 is 0. The van der Waals surface area contributed by atoms with E-state index in [0.717, 1.165) is 38.8 Å². The van der Waals surface area contributed by atoms with Crippen LogP contribution in [0.4, 0.5) is 4.79 Å². The van der Waals surface area contributed by atoms with Crippen LogP contribution in [0.25, 0.3) is 0 Å². The first kappa shape index (κ1) is 8.81. The molecule has 74 valence electrons. The molecule has 1 atom stereocenters. The molecule has 0 radical (unpaired) electrons. The Labute approximate surface area is 78.0 Å². The van der Waals surface area contributed by atoms with E-state index in [1.165, 1.54) is 0 Å². The smallest absolute Gasteiger partial charge is 0.407 e. The number of piperidine rings is 1. The van der Waals surface area contributed by atoms with Crippen molar-refractivity contribution in [3.8, 4) is 0 Å². The lowest BCUT2D eigenvalue weighted by atomic mass is 10.1. The van der Waals surface area contributed by atoms with Gasteiger partial charge in [-0.15, -0.1) is 0 Å². The zero-order chi connectivity index (χ0) is 9.10. The lowest BCUT2D eigenvalue weighted by molar-refractivity contribution is 0.133. The molecule has 1 aliphatic heterocycles. The van der Waals surface area contributed by atoms with E-state index in [1.807, 2.05) is 0 Å². The summed E-state index contributed by atoms with van der Waals surface area (Å²) in [5.74, 6) is 0. The maximum Gasteiger partial charge on any atom is 0.407 e. The Morgan fingerprint density at radius 3 is 2.85 bits per heavy atom. The highest BCUT2D eigenvalue weighted by atomic mass is 16.6. The van der Waals surface area contributed by atoms with Crippen LogP contribution in [0.15, 0.2) is 0 Å². The molecule has 0 spiro atoms. The van der Waals surface area contributed by atoms with E-state index < -0.39 is 0 Å². The maximum atomic E-state index is 11.2. The van der Waals surface area contributed by atoms with Gasteiger partial charge in [-0.2, -0.15) is 0 Å². The molecule has 0 bridgehead atoms. The van der Waals surface area contributed by atoms with Gasteiger partial charge in [0.05, 0.1) is 0 Å². The summed E-state index contributed by atoms with van der Waals surface area (Å²) in [6.07, 6.45) is 4.24. The highest BCUT2D eigenvalue weighted by molar-refractivity contribution is 5.68. The number of hydrogen-bond acceptors (Lipinski definition) is 3. The van der Waals surface area contributed by atoms with Gasteiger partial charge in [-0.3, -0.25) is 0 Å². The molecule has 1 saturated carbocycles. The molecule has 2 N–H and O–H groups in total. The minimum atomic E-state index is -0.240. The summed E-state index contributed by atoms with van der Waals surface area (Å²) in [7, 11) is 0. The minimum Gasteiger partial charge on any atom is -0.446 e. The Hall–Kier alpha value is -0.770. The standard InChI is InChI=1S/C9H16N2O2/c12-9(13-8-3-4-8)11-7-2-1-5-10-6-7/h7-8,10H,1-6H2,(H,11,12). The third-order valence-corrected chi connectivity index (χ3v) is 2.42. The van der Waals surface area contributed by atoms with Crippen LogP contribution in [0.2, 0.25) is 0 Å². The fraction of sp³-hybridized carbons (Fsp3) is 0.889. The van der Waals surface area contributed by atoms with Crippen LogP contribution in [0, 0.1) is 0 Å². The number of hydrogen-bond donors (Lipinski definition) is 2. The Kier molecular flexibility index (Phi) is 2.68. The Morgan fingerprint density at radius 1 is 1.38 bits per heavy atom. The molecule has 0 aromatic heterocycles. The van der Waals surface area contributed by atoms with E-state index in [-0.39, 0.29) is 18.2 Å². The molecular formula is C9H16N2O2. The number of nitrogens with one attached hydrogen (secondary N) is 2. The molecule has 2 fully saturated rings. The molecule has 0 aromatic rings. The SMILES string of the molecule is O=C(NC1CCCNC1)OC1CC1. The molecule has 4 heteroatoms. The third-order valence-electron chi connectivity index (χ3n) is 2.42. The maximum absolute atomic E-state index is 11.2. The topological polar surface area (TPSA) is 50.4 Å². The van der Waals surface area contributed by atoms with Gasteiger partial charge in [-0.05, 0) is 32.2 Å². The van der Waals surface area contributed by atoms with Crippen LogP contribution in [0.5, 0.6) is 0 Å². The monoisotopic (exact) mass is 184 g/mol. The van der Waals surface area contributed by atoms with Crippen LogP contribution >= 0.6 is 0 Å². The van der Waals surface area contributed by atoms with Gasteiger partial charge < -0.3 is 15.4 Å². The lowest BCUT2D eigenvalue weighted by Gasteiger charge is -2.23. The molecule has 1 amide bonds. The largest absolute Gasteiger partial charge is 0.446 e. The lowest BCUT2D eigenvalue weighted by Crippen LogP contribution is -2.45. The minimum absolute atomic E-state index is 0.205. The van der Waals surface area contributed by atoms with Crippen molar-refractivity contribution in [2.75, 3.05) is 13.1 Å². The van der Waals surface area contributed by atoms with Crippen molar-refractivity contribution < 1.29 is 9.53 Å². The van der Waals surface area contributed by atoms with Crippen molar-refractivity contribution in [2.24, 2.45) is 0 Å². The fourth-order valence-corrected chi connectivity index (χ4v) is 1.51. The molecule has 0 aromatic carbocycles. The summed E-state index contributed by atoms with van der Waals surface area (Å²) in [4.78, 5) is 11.2. The first-order valence-electron chi connectivity index (χ1n) is 5.02. The van der Waals surface area contributed by atoms with Crippen molar-refractivity contribution >= 4 is 6.09 Å². The van der Waals surface area contributed by atoms with Gasteiger partial charge in [0, 0.05) is 12.6 Å². The van der Waals surface area contributed by atoms with Gasteiger partial charge in [0.1, 0.15) is 6.10 Å². The number of ether oxygens (including phenoxy) is 1. The zero-order valence-electron chi connectivity index (χ0n) is 7.71. The van der Waals surface area contributed by atoms with E-state index in [1.54, 1.807) is 0 Å². The normalized spacial score (nSPS) is 28.2. The molecule has 1 saturated heterocycles. The molecule has 1 unspecified atom stereocenters. The summed E-state index contributed by atoms with van der Waals surface area (Å²) in [6, 6.07) is 0.264. The first-order valence-corrected chi connectivity index (χ1v) is 5.02. The van der Waals surface area contributed by atoms with Crippen LogP contribution in [-0.4, -0.2) is 31.3 Å². The van der Waals surface area contributed by atoms with Crippen LogP contribution in [0.1, 0.15) is 25.7 Å². The molecule has 2 rings (SSSR count). The number of amides is 1. The highest BCUT2D eigenvalue weighted by Crippen LogP contribution is 2.23. The number of carbonyl (C=O) groups excluding carboxylic acids is 1.